The van der Waals surface area contributed by atoms with Crippen LogP contribution in [-0.4, -0.2) is 14.4 Å². The van der Waals surface area contributed by atoms with Gasteiger partial charge in [0.1, 0.15) is 5.69 Å². The maximum atomic E-state index is 6.07. The lowest BCUT2D eigenvalue weighted by Crippen LogP contribution is -1.96. The summed E-state index contributed by atoms with van der Waals surface area (Å²) in [5.74, 6) is 0. The van der Waals surface area contributed by atoms with Crippen molar-refractivity contribution in [1.29, 1.82) is 0 Å². The predicted molar refractivity (Wildman–Crippen MR) is 111 cm³/mol. The van der Waals surface area contributed by atoms with E-state index in [4.69, 9.17) is 33.2 Å². The van der Waals surface area contributed by atoms with Crippen LogP contribution in [0.25, 0.3) is 39.2 Å². The number of imidazole rings is 1. The van der Waals surface area contributed by atoms with Crippen LogP contribution in [0.4, 0.5) is 0 Å². The summed E-state index contributed by atoms with van der Waals surface area (Å²) in [5, 5.41) is 1.39. The molecule has 0 aliphatic carbocycles. The topological polar surface area (TPSA) is 30.2 Å². The maximum absolute atomic E-state index is 6.07. The van der Waals surface area contributed by atoms with E-state index in [1.54, 1.807) is 0 Å². The van der Waals surface area contributed by atoms with Crippen molar-refractivity contribution in [3.63, 3.8) is 0 Å². The molecule has 3 nitrogen and oxygen atoms in total. The molecular formula is C22H13Cl2N3. The highest BCUT2D eigenvalue weighted by molar-refractivity contribution is 6.30. The summed E-state index contributed by atoms with van der Waals surface area (Å²) in [6, 6.07) is 23.4. The number of nitrogens with zero attached hydrogens (tertiary/aromatic N) is 3. The van der Waals surface area contributed by atoms with Gasteiger partial charge in [-0.1, -0.05) is 59.6 Å². The third-order valence-corrected chi connectivity index (χ3v) is 5.05. The molecule has 2 aromatic heterocycles. The highest BCUT2D eigenvalue weighted by Gasteiger charge is 2.14. The lowest BCUT2D eigenvalue weighted by atomic mass is 10.1. The molecule has 0 saturated heterocycles. The molecule has 130 valence electrons. The van der Waals surface area contributed by atoms with Gasteiger partial charge >= 0.3 is 0 Å². The maximum Gasteiger partial charge on any atom is 0.164 e. The van der Waals surface area contributed by atoms with Gasteiger partial charge in [0.05, 0.1) is 16.7 Å². The van der Waals surface area contributed by atoms with Crippen molar-refractivity contribution >= 4 is 39.9 Å². The van der Waals surface area contributed by atoms with E-state index in [-0.39, 0.29) is 0 Å². The molecule has 2 heterocycles. The van der Waals surface area contributed by atoms with E-state index in [1.807, 2.05) is 72.9 Å². The molecule has 0 aliphatic rings. The van der Waals surface area contributed by atoms with Crippen LogP contribution in [0.3, 0.4) is 0 Å². The zero-order valence-corrected chi connectivity index (χ0v) is 15.6. The Morgan fingerprint density at radius 3 is 2.00 bits per heavy atom. The fourth-order valence-corrected chi connectivity index (χ4v) is 3.48. The first-order chi connectivity index (χ1) is 13.2. The van der Waals surface area contributed by atoms with Crippen LogP contribution in [0.15, 0.2) is 79.0 Å². The van der Waals surface area contributed by atoms with E-state index < -0.39 is 0 Å². The number of halogens is 2. The summed E-state index contributed by atoms with van der Waals surface area (Å²) in [7, 11) is 0. The molecule has 0 saturated carbocycles. The van der Waals surface area contributed by atoms with Gasteiger partial charge in [0.15, 0.2) is 5.65 Å². The fraction of sp³-hybridized carbons (Fsp3) is 0. The number of aromatic nitrogens is 3. The van der Waals surface area contributed by atoms with Crippen LogP contribution < -0.4 is 0 Å². The molecule has 0 bridgehead atoms. The van der Waals surface area contributed by atoms with E-state index >= 15 is 0 Å². The molecule has 0 amide bonds. The molecule has 0 radical (unpaired) electrons. The van der Waals surface area contributed by atoms with Gasteiger partial charge in [0, 0.05) is 27.4 Å². The van der Waals surface area contributed by atoms with Crippen LogP contribution in [0.5, 0.6) is 0 Å². The molecule has 5 aromatic rings. The first kappa shape index (κ1) is 16.3. The zero-order chi connectivity index (χ0) is 18.4. The number of benzene rings is 3. The van der Waals surface area contributed by atoms with Crippen LogP contribution in [0.2, 0.25) is 10.0 Å². The van der Waals surface area contributed by atoms with Gasteiger partial charge < -0.3 is 0 Å². The molecule has 5 rings (SSSR count). The van der Waals surface area contributed by atoms with Crippen molar-refractivity contribution in [2.24, 2.45) is 0 Å². The zero-order valence-electron chi connectivity index (χ0n) is 14.1. The Morgan fingerprint density at radius 1 is 0.667 bits per heavy atom. The van der Waals surface area contributed by atoms with Crippen molar-refractivity contribution in [2.45, 2.75) is 0 Å². The number of hydrogen-bond donors (Lipinski definition) is 0. The Labute approximate surface area is 165 Å². The largest absolute Gasteiger partial charge is 0.296 e. The molecule has 0 atom stereocenters. The van der Waals surface area contributed by atoms with Crippen LogP contribution >= 0.6 is 23.2 Å². The van der Waals surface area contributed by atoms with Crippen molar-refractivity contribution in [2.75, 3.05) is 0 Å². The van der Waals surface area contributed by atoms with Crippen molar-refractivity contribution in [3.05, 3.63) is 89.0 Å². The van der Waals surface area contributed by atoms with Crippen LogP contribution in [-0.2, 0) is 0 Å². The molecular weight excluding hydrogens is 377 g/mol. The average Bonchev–Trinajstić information content (AvgIpc) is 3.07. The van der Waals surface area contributed by atoms with Crippen molar-refractivity contribution in [1.82, 2.24) is 14.4 Å². The second-order valence-corrected chi connectivity index (χ2v) is 7.16. The van der Waals surface area contributed by atoms with Gasteiger partial charge in [-0.2, -0.15) is 0 Å². The minimum Gasteiger partial charge on any atom is -0.296 e. The lowest BCUT2D eigenvalue weighted by Gasteiger charge is -2.09. The SMILES string of the molecule is Clc1ccc(-c2cn3c(nc4ccccc43)c(-c3ccc(Cl)cc3)n2)cc1. The molecule has 27 heavy (non-hydrogen) atoms. The minimum atomic E-state index is 0.692. The van der Waals surface area contributed by atoms with Gasteiger partial charge in [-0.3, -0.25) is 4.40 Å². The van der Waals surface area contributed by atoms with E-state index in [1.165, 1.54) is 0 Å². The highest BCUT2D eigenvalue weighted by atomic mass is 35.5. The molecule has 0 unspecified atom stereocenters. The summed E-state index contributed by atoms with van der Waals surface area (Å²) in [4.78, 5) is 9.74. The third-order valence-electron chi connectivity index (χ3n) is 4.55. The standard InChI is InChI=1S/C22H13Cl2N3/c23-16-9-5-14(6-10-16)19-13-27-20-4-2-1-3-18(20)26-22(27)21(25-19)15-7-11-17(24)12-8-15/h1-13H. The molecule has 0 spiro atoms. The van der Waals surface area contributed by atoms with E-state index in [0.717, 1.165) is 39.2 Å². The first-order valence-corrected chi connectivity index (χ1v) is 9.24. The van der Waals surface area contributed by atoms with Crippen LogP contribution in [0.1, 0.15) is 0 Å². The van der Waals surface area contributed by atoms with E-state index in [0.29, 0.717) is 10.0 Å². The average molecular weight is 390 g/mol. The molecule has 0 aliphatic heterocycles. The van der Waals surface area contributed by atoms with Gasteiger partial charge in [-0.15, -0.1) is 0 Å². The Bertz CT molecular complexity index is 1270. The summed E-state index contributed by atoms with van der Waals surface area (Å²) in [5.41, 5.74) is 6.42. The van der Waals surface area contributed by atoms with E-state index in [9.17, 15) is 0 Å². The summed E-state index contributed by atoms with van der Waals surface area (Å²) in [6.45, 7) is 0. The molecule has 0 fully saturated rings. The summed E-state index contributed by atoms with van der Waals surface area (Å²) >= 11 is 12.1. The van der Waals surface area contributed by atoms with Crippen molar-refractivity contribution in [3.8, 4) is 22.5 Å². The first-order valence-electron chi connectivity index (χ1n) is 8.49. The van der Waals surface area contributed by atoms with Crippen LogP contribution in [0, 0.1) is 0 Å². The Kier molecular flexibility index (Phi) is 3.85. The van der Waals surface area contributed by atoms with E-state index in [2.05, 4.69) is 10.5 Å². The van der Waals surface area contributed by atoms with Gasteiger partial charge in [-0.25, -0.2) is 9.97 Å². The number of para-hydroxylation sites is 2. The Morgan fingerprint density at radius 2 is 1.30 bits per heavy atom. The Balaban J connectivity index is 1.85. The summed E-state index contributed by atoms with van der Waals surface area (Å²) < 4.78 is 2.09. The highest BCUT2D eigenvalue weighted by Crippen LogP contribution is 2.30. The normalized spacial score (nSPS) is 11.3. The predicted octanol–water partition coefficient (Wildman–Crippen LogP) is 6.52. The fourth-order valence-electron chi connectivity index (χ4n) is 3.22. The number of rotatable bonds is 2. The van der Waals surface area contributed by atoms with Gasteiger partial charge in [-0.05, 0) is 36.4 Å². The second-order valence-electron chi connectivity index (χ2n) is 6.28. The molecule has 3 aromatic carbocycles. The lowest BCUT2D eigenvalue weighted by molar-refractivity contribution is 1.16. The summed E-state index contributed by atoms with van der Waals surface area (Å²) in [6.07, 6.45) is 2.02. The number of hydrogen-bond acceptors (Lipinski definition) is 2. The smallest absolute Gasteiger partial charge is 0.164 e. The number of fused-ring (bicyclic) bond motifs is 3. The third kappa shape index (κ3) is 2.85. The van der Waals surface area contributed by atoms with Gasteiger partial charge in [0.25, 0.3) is 0 Å². The second kappa shape index (κ2) is 6.38. The van der Waals surface area contributed by atoms with Gasteiger partial charge in [0.2, 0.25) is 0 Å². The Hall–Kier alpha value is -2.88. The van der Waals surface area contributed by atoms with Crippen molar-refractivity contribution < 1.29 is 0 Å². The molecule has 0 N–H and O–H groups in total. The molecule has 5 heteroatoms. The monoisotopic (exact) mass is 389 g/mol. The quantitative estimate of drug-likeness (QED) is 0.343. The minimum absolute atomic E-state index is 0.692.